The summed E-state index contributed by atoms with van der Waals surface area (Å²) in [5, 5.41) is 3.91. The molecule has 1 heterocycles. The Morgan fingerprint density at radius 3 is 2.45 bits per heavy atom. The van der Waals surface area contributed by atoms with Crippen molar-refractivity contribution in [3.63, 3.8) is 0 Å². The number of benzene rings is 4. The van der Waals surface area contributed by atoms with Gasteiger partial charge < -0.3 is 14.8 Å². The van der Waals surface area contributed by atoms with E-state index in [9.17, 15) is 9.59 Å². The van der Waals surface area contributed by atoms with Gasteiger partial charge in [-0.05, 0) is 107 Å². The highest BCUT2D eigenvalue weighted by Gasteiger charge is 2.34. The lowest BCUT2D eigenvalue weighted by Gasteiger charge is -2.15. The number of methoxy groups -OCH3 is 1. The third-order valence-electron chi connectivity index (χ3n) is 6.15. The van der Waals surface area contributed by atoms with Gasteiger partial charge in [0.2, 0.25) is 0 Å². The molecule has 0 aromatic heterocycles. The minimum absolute atomic E-state index is 0.178. The number of ether oxygens (including phenoxy) is 2. The first kappa shape index (κ1) is 29.7. The van der Waals surface area contributed by atoms with Crippen molar-refractivity contribution in [2.45, 2.75) is 6.92 Å². The van der Waals surface area contributed by atoms with Crippen LogP contribution in [0.5, 0.6) is 11.5 Å². The van der Waals surface area contributed by atoms with Crippen LogP contribution in [0.15, 0.2) is 101 Å². The number of aliphatic imine (C=N–C) groups is 1. The van der Waals surface area contributed by atoms with Gasteiger partial charge in [-0.1, -0.05) is 54.1 Å². The van der Waals surface area contributed by atoms with Gasteiger partial charge in [0.1, 0.15) is 0 Å². The van der Waals surface area contributed by atoms with Crippen LogP contribution >= 0.6 is 46.0 Å². The predicted octanol–water partition coefficient (Wildman–Crippen LogP) is 8.09. The van der Waals surface area contributed by atoms with E-state index in [0.717, 1.165) is 26.1 Å². The number of hydrogen-bond acceptors (Lipinski definition) is 6. The average molecular weight is 710 g/mol. The summed E-state index contributed by atoms with van der Waals surface area (Å²) in [7, 11) is 1.53. The third-order valence-corrected chi connectivity index (χ3v) is 8.33. The minimum atomic E-state index is -0.335. The SMILES string of the molecule is COc1cc(/C=C2\SC(=Nc3ccccc3)N(c3ccccc3)C2=O)cc(I)c1OCC(=O)Nc1ccc(C)c(Cl)c1. The van der Waals surface area contributed by atoms with Crippen molar-refractivity contribution in [2.24, 2.45) is 4.99 Å². The first-order chi connectivity index (χ1) is 20.3. The number of amidine groups is 1. The zero-order valence-electron chi connectivity index (χ0n) is 22.6. The Morgan fingerprint density at radius 1 is 1.05 bits per heavy atom. The summed E-state index contributed by atoms with van der Waals surface area (Å²) in [5.74, 6) is 0.356. The van der Waals surface area contributed by atoms with Crippen LogP contribution in [0.4, 0.5) is 17.1 Å². The molecule has 0 atom stereocenters. The van der Waals surface area contributed by atoms with E-state index in [2.05, 4.69) is 27.9 Å². The first-order valence-corrected chi connectivity index (χ1v) is 15.1. The van der Waals surface area contributed by atoms with Crippen LogP contribution in [0.2, 0.25) is 5.02 Å². The van der Waals surface area contributed by atoms with E-state index < -0.39 is 0 Å². The van der Waals surface area contributed by atoms with Gasteiger partial charge in [-0.25, -0.2) is 4.99 Å². The molecule has 4 aromatic carbocycles. The zero-order chi connectivity index (χ0) is 29.6. The lowest BCUT2D eigenvalue weighted by molar-refractivity contribution is -0.118. The Balaban J connectivity index is 1.38. The maximum absolute atomic E-state index is 13.6. The van der Waals surface area contributed by atoms with Gasteiger partial charge in [0.05, 0.1) is 27.0 Å². The predicted molar refractivity (Wildman–Crippen MR) is 179 cm³/mol. The maximum atomic E-state index is 13.6. The minimum Gasteiger partial charge on any atom is -0.493 e. The summed E-state index contributed by atoms with van der Waals surface area (Å²) in [5.41, 5.74) is 3.73. The van der Waals surface area contributed by atoms with Gasteiger partial charge in [0, 0.05) is 10.7 Å². The molecule has 1 fully saturated rings. The standard InChI is InChI=1S/C32H25ClIN3O4S/c1-20-13-14-23(18-25(20)33)35-29(38)19-41-30-26(34)15-21(16-27(30)40-2)17-28-31(39)37(24-11-7-4-8-12-24)32(42-28)36-22-9-5-3-6-10-22/h3-18H,19H2,1-2H3,(H,35,38)/b28-17-,36-32?. The summed E-state index contributed by atoms with van der Waals surface area (Å²) >= 11 is 9.59. The molecule has 0 spiro atoms. The fraction of sp³-hybridized carbons (Fsp3) is 0.0938. The first-order valence-electron chi connectivity index (χ1n) is 12.8. The van der Waals surface area contributed by atoms with Crippen LogP contribution in [0.1, 0.15) is 11.1 Å². The van der Waals surface area contributed by atoms with E-state index in [0.29, 0.717) is 32.3 Å². The van der Waals surface area contributed by atoms with Gasteiger partial charge in [-0.15, -0.1) is 0 Å². The average Bonchev–Trinajstić information content (AvgIpc) is 3.28. The number of aryl methyl sites for hydroxylation is 1. The van der Waals surface area contributed by atoms with E-state index in [1.807, 2.05) is 79.7 Å². The molecule has 2 amide bonds. The Hall–Kier alpha value is -3.80. The van der Waals surface area contributed by atoms with Gasteiger partial charge in [-0.3, -0.25) is 14.5 Å². The van der Waals surface area contributed by atoms with Crippen LogP contribution in [-0.4, -0.2) is 30.7 Å². The number of halogens is 2. The van der Waals surface area contributed by atoms with Gasteiger partial charge >= 0.3 is 0 Å². The van der Waals surface area contributed by atoms with Crippen molar-refractivity contribution in [1.29, 1.82) is 0 Å². The molecule has 0 saturated carbocycles. The van der Waals surface area contributed by atoms with Gasteiger partial charge in [0.25, 0.3) is 11.8 Å². The number of rotatable bonds is 8. The van der Waals surface area contributed by atoms with Crippen LogP contribution in [0.25, 0.3) is 6.08 Å². The molecule has 0 aliphatic carbocycles. The Kier molecular flexibility index (Phi) is 9.51. The fourth-order valence-corrected chi connectivity index (χ4v) is 6.05. The monoisotopic (exact) mass is 709 g/mol. The molecule has 0 unspecified atom stereocenters. The van der Waals surface area contributed by atoms with Crippen molar-refractivity contribution in [2.75, 3.05) is 23.9 Å². The Labute approximate surface area is 266 Å². The van der Waals surface area contributed by atoms with Gasteiger partial charge in [0.15, 0.2) is 23.3 Å². The number of carbonyl (C=O) groups excluding carboxylic acids is 2. The van der Waals surface area contributed by atoms with Crippen molar-refractivity contribution in [3.8, 4) is 11.5 Å². The summed E-state index contributed by atoms with van der Waals surface area (Å²) in [4.78, 5) is 33.1. The van der Waals surface area contributed by atoms with Gasteiger partial charge in [-0.2, -0.15) is 0 Å². The highest BCUT2D eigenvalue weighted by atomic mass is 127. The number of nitrogens with one attached hydrogen (secondary N) is 1. The second-order valence-corrected chi connectivity index (χ2v) is 11.7. The van der Waals surface area contributed by atoms with E-state index in [1.165, 1.54) is 18.9 Å². The van der Waals surface area contributed by atoms with Crippen LogP contribution in [0, 0.1) is 10.5 Å². The van der Waals surface area contributed by atoms with Crippen LogP contribution in [0.3, 0.4) is 0 Å². The molecule has 7 nitrogen and oxygen atoms in total. The quantitative estimate of drug-likeness (QED) is 0.148. The molecule has 1 N–H and O–H groups in total. The van der Waals surface area contributed by atoms with E-state index in [1.54, 1.807) is 29.2 Å². The zero-order valence-corrected chi connectivity index (χ0v) is 26.4. The molecular weight excluding hydrogens is 685 g/mol. The normalized spacial score (nSPS) is 14.9. The summed E-state index contributed by atoms with van der Waals surface area (Å²) in [6.45, 7) is 1.67. The smallest absolute Gasteiger partial charge is 0.271 e. The highest BCUT2D eigenvalue weighted by molar-refractivity contribution is 14.1. The molecule has 10 heteroatoms. The number of para-hydroxylation sites is 2. The lowest BCUT2D eigenvalue weighted by atomic mass is 10.1. The number of amides is 2. The molecule has 1 saturated heterocycles. The lowest BCUT2D eigenvalue weighted by Crippen LogP contribution is -2.28. The summed E-state index contributed by atoms with van der Waals surface area (Å²) in [6, 6.07) is 27.9. The number of anilines is 2. The second-order valence-electron chi connectivity index (χ2n) is 9.15. The van der Waals surface area contributed by atoms with E-state index >= 15 is 0 Å². The number of nitrogens with zero attached hydrogens (tertiary/aromatic N) is 2. The van der Waals surface area contributed by atoms with Crippen LogP contribution < -0.4 is 19.7 Å². The summed E-state index contributed by atoms with van der Waals surface area (Å²) in [6.07, 6.45) is 1.80. The summed E-state index contributed by atoms with van der Waals surface area (Å²) < 4.78 is 12.2. The number of thioether (sulfide) groups is 1. The molecule has 0 bridgehead atoms. The van der Waals surface area contributed by atoms with Crippen molar-refractivity contribution in [3.05, 3.63) is 116 Å². The van der Waals surface area contributed by atoms with Crippen molar-refractivity contribution >= 4 is 86.1 Å². The molecule has 5 rings (SSSR count). The molecule has 0 radical (unpaired) electrons. The van der Waals surface area contributed by atoms with E-state index in [-0.39, 0.29) is 18.4 Å². The van der Waals surface area contributed by atoms with E-state index in [4.69, 9.17) is 26.1 Å². The topological polar surface area (TPSA) is 80.2 Å². The van der Waals surface area contributed by atoms with Crippen LogP contribution in [-0.2, 0) is 9.59 Å². The largest absolute Gasteiger partial charge is 0.493 e. The molecule has 4 aromatic rings. The maximum Gasteiger partial charge on any atom is 0.271 e. The van der Waals surface area contributed by atoms with Crippen molar-refractivity contribution in [1.82, 2.24) is 0 Å². The molecule has 1 aliphatic rings. The van der Waals surface area contributed by atoms with Crippen molar-refractivity contribution < 1.29 is 19.1 Å². The third kappa shape index (κ3) is 6.97. The molecule has 42 heavy (non-hydrogen) atoms. The molecular formula is C32H25ClIN3O4S. The molecule has 212 valence electrons. The fourth-order valence-electron chi connectivity index (χ4n) is 4.09. The second kappa shape index (κ2) is 13.5. The molecule has 1 aliphatic heterocycles. The Morgan fingerprint density at radius 2 is 1.76 bits per heavy atom. The number of hydrogen-bond donors (Lipinski definition) is 1. The number of carbonyl (C=O) groups is 2. The Bertz CT molecular complexity index is 1700. The highest BCUT2D eigenvalue weighted by Crippen LogP contribution is 2.39.